The third-order valence-electron chi connectivity index (χ3n) is 10.9. The molecule has 0 bridgehead atoms. The molecule has 0 amide bonds. The Morgan fingerprint density at radius 3 is 1.16 bits per heavy atom. The molecule has 10 heteroatoms. The van der Waals surface area contributed by atoms with Gasteiger partial charge in [-0.05, 0) is 123 Å². The summed E-state index contributed by atoms with van der Waals surface area (Å²) in [5.74, 6) is 0. The molecule has 0 N–H and O–H groups in total. The number of nitrogens with zero attached hydrogens (tertiary/aromatic N) is 8. The zero-order valence-corrected chi connectivity index (χ0v) is 31.3. The van der Waals surface area contributed by atoms with Gasteiger partial charge in [0.25, 0.3) is 0 Å². The molecule has 4 heterocycles. The number of benzene rings is 4. The van der Waals surface area contributed by atoms with Crippen molar-refractivity contribution in [1.82, 2.24) is 38.2 Å². The number of hydrogen-bond donors (Lipinski definition) is 0. The van der Waals surface area contributed by atoms with E-state index >= 15 is 0 Å². The second-order valence-corrected chi connectivity index (χ2v) is 15.2. The van der Waals surface area contributed by atoms with Crippen molar-refractivity contribution in [2.24, 2.45) is 0 Å². The molecule has 4 aromatic carbocycles. The number of aldehydes is 2. The van der Waals surface area contributed by atoms with Gasteiger partial charge in [-0.25, -0.2) is 19.9 Å². The van der Waals surface area contributed by atoms with Gasteiger partial charge in [-0.2, -0.15) is 0 Å². The van der Waals surface area contributed by atoms with Crippen molar-refractivity contribution in [2.75, 3.05) is 0 Å². The van der Waals surface area contributed by atoms with E-state index in [2.05, 4.69) is 87.8 Å². The van der Waals surface area contributed by atoms with E-state index in [1.807, 2.05) is 67.8 Å². The first kappa shape index (κ1) is 35.3. The Labute approximate surface area is 324 Å². The first-order valence-corrected chi connectivity index (χ1v) is 19.5. The van der Waals surface area contributed by atoms with Crippen molar-refractivity contribution in [3.05, 3.63) is 134 Å². The smallest absolute Gasteiger partial charge is 0.150 e. The Kier molecular flexibility index (Phi) is 9.46. The van der Waals surface area contributed by atoms with Crippen LogP contribution >= 0.6 is 0 Å². The average molecular weight is 741 g/mol. The fraction of sp³-hybridized carbons (Fsp3) is 0.261. The number of carbonyl (C=O) groups excluding carboxylic acids is 2. The van der Waals surface area contributed by atoms with Gasteiger partial charge in [0.15, 0.2) is 0 Å². The molecule has 4 aromatic heterocycles. The van der Waals surface area contributed by atoms with Crippen molar-refractivity contribution in [2.45, 2.75) is 75.5 Å². The van der Waals surface area contributed by atoms with Crippen LogP contribution in [0.2, 0.25) is 0 Å². The number of fused-ring (bicyclic) bond motifs is 4. The summed E-state index contributed by atoms with van der Waals surface area (Å²) in [6, 6.07) is 26.5. The van der Waals surface area contributed by atoms with Gasteiger partial charge in [-0.15, -0.1) is 0 Å². The lowest BCUT2D eigenvalue weighted by molar-refractivity contribution is 0.111. The third-order valence-corrected chi connectivity index (χ3v) is 10.9. The van der Waals surface area contributed by atoms with Crippen LogP contribution < -0.4 is 0 Å². The van der Waals surface area contributed by atoms with Crippen LogP contribution in [-0.4, -0.2) is 50.8 Å². The van der Waals surface area contributed by atoms with Crippen LogP contribution in [-0.2, 0) is 0 Å². The molecule has 8 aromatic rings. The SMILES string of the molecule is C=Cc1ccc2c(c1)ncn2C1CC1.C=Cc1ccc2ncn(C3CC3)c2c1.O=Cc1ccc2c(c1)ncn2C1CC1.O=Cc1ccc2ncn(C3CC3)c2c1. The standard InChI is InChI=1S/2C12H12N2.2C11H10N2O/c1-2-9-3-6-12-11(7-9)13-8-14(12)10-4-5-10;1-2-9-3-6-11-12(7-9)14(8-13-11)10-4-5-10;14-6-8-1-4-11-10(5-8)12-7-13(11)9-2-3-9;14-6-8-1-4-10-11(5-8)13(7-12-10)9-2-3-9/h2*2-3,6-8,10H,1,4-5H2;2*1,4-7,9H,2-3H2. The minimum absolute atomic E-state index is 0.613. The van der Waals surface area contributed by atoms with Crippen molar-refractivity contribution < 1.29 is 9.59 Å². The zero-order chi connectivity index (χ0) is 38.2. The topological polar surface area (TPSA) is 105 Å². The fourth-order valence-electron chi connectivity index (χ4n) is 7.16. The number of rotatable bonds is 8. The number of hydrogen-bond acceptors (Lipinski definition) is 6. The molecule has 4 fully saturated rings. The lowest BCUT2D eigenvalue weighted by Gasteiger charge is -2.00. The normalized spacial score (nSPS) is 16.0. The number of aromatic nitrogens is 8. The summed E-state index contributed by atoms with van der Waals surface area (Å²) < 4.78 is 8.93. The molecule has 4 aliphatic carbocycles. The summed E-state index contributed by atoms with van der Waals surface area (Å²) in [4.78, 5) is 38.6. The monoisotopic (exact) mass is 740 g/mol. The summed E-state index contributed by atoms with van der Waals surface area (Å²) in [6.07, 6.45) is 23.3. The van der Waals surface area contributed by atoms with E-state index in [4.69, 9.17) is 0 Å². The number of imidazole rings is 4. The van der Waals surface area contributed by atoms with Crippen molar-refractivity contribution >= 4 is 68.9 Å². The Balaban J connectivity index is 0.0000000975. The molecular formula is C46H44N8O2. The van der Waals surface area contributed by atoms with Gasteiger partial charge in [-0.3, -0.25) is 9.59 Å². The second kappa shape index (κ2) is 15.0. The first-order valence-electron chi connectivity index (χ1n) is 19.5. The predicted octanol–water partition coefficient (Wildman–Crippen LogP) is 10.4. The maximum Gasteiger partial charge on any atom is 0.150 e. The summed E-state index contributed by atoms with van der Waals surface area (Å²) in [5, 5.41) is 0. The minimum atomic E-state index is 0.613. The van der Waals surface area contributed by atoms with E-state index in [1.165, 1.54) is 68.0 Å². The predicted molar refractivity (Wildman–Crippen MR) is 223 cm³/mol. The summed E-state index contributed by atoms with van der Waals surface area (Å²) >= 11 is 0. The van der Waals surface area contributed by atoms with Gasteiger partial charge < -0.3 is 18.3 Å². The van der Waals surface area contributed by atoms with E-state index < -0.39 is 0 Å². The lowest BCUT2D eigenvalue weighted by Crippen LogP contribution is -1.91. The Hall–Kier alpha value is -6.42. The maximum atomic E-state index is 10.6. The molecule has 0 unspecified atom stereocenters. The van der Waals surface area contributed by atoms with Crippen molar-refractivity contribution in [3.8, 4) is 0 Å². The molecule has 0 spiro atoms. The molecule has 0 radical (unpaired) electrons. The molecule has 0 saturated heterocycles. The quantitative estimate of drug-likeness (QED) is 0.144. The average Bonchev–Trinajstić information content (AvgIpc) is 4.07. The highest BCUT2D eigenvalue weighted by atomic mass is 16.1. The van der Waals surface area contributed by atoms with E-state index in [0.717, 1.165) is 56.8 Å². The highest BCUT2D eigenvalue weighted by molar-refractivity contribution is 5.86. The molecule has 0 atom stereocenters. The Bertz CT molecular complexity index is 2540. The van der Waals surface area contributed by atoms with Crippen LogP contribution in [0.25, 0.3) is 56.3 Å². The van der Waals surface area contributed by atoms with Crippen LogP contribution in [0.3, 0.4) is 0 Å². The molecule has 10 nitrogen and oxygen atoms in total. The van der Waals surface area contributed by atoms with Crippen LogP contribution in [0.5, 0.6) is 0 Å². The highest BCUT2D eigenvalue weighted by Gasteiger charge is 2.27. The van der Waals surface area contributed by atoms with Gasteiger partial charge in [0.2, 0.25) is 0 Å². The fourth-order valence-corrected chi connectivity index (χ4v) is 7.16. The molecule has 280 valence electrons. The highest BCUT2D eigenvalue weighted by Crippen LogP contribution is 2.39. The molecule has 12 rings (SSSR count). The van der Waals surface area contributed by atoms with Gasteiger partial charge in [-0.1, -0.05) is 37.4 Å². The summed E-state index contributed by atoms with van der Waals surface area (Å²) in [5.41, 5.74) is 12.5. The number of carbonyl (C=O) groups is 2. The van der Waals surface area contributed by atoms with Crippen LogP contribution in [0.1, 0.15) is 107 Å². The van der Waals surface area contributed by atoms with Crippen LogP contribution in [0.4, 0.5) is 0 Å². The summed E-state index contributed by atoms with van der Waals surface area (Å²) in [6.45, 7) is 7.54. The molecule has 4 aliphatic rings. The van der Waals surface area contributed by atoms with E-state index in [-0.39, 0.29) is 0 Å². The zero-order valence-electron chi connectivity index (χ0n) is 31.3. The molecule has 0 aliphatic heterocycles. The van der Waals surface area contributed by atoms with E-state index in [9.17, 15) is 9.59 Å². The summed E-state index contributed by atoms with van der Waals surface area (Å²) in [7, 11) is 0. The van der Waals surface area contributed by atoms with Crippen LogP contribution in [0.15, 0.2) is 111 Å². The van der Waals surface area contributed by atoms with Crippen molar-refractivity contribution in [1.29, 1.82) is 0 Å². The molecule has 56 heavy (non-hydrogen) atoms. The van der Waals surface area contributed by atoms with E-state index in [0.29, 0.717) is 29.7 Å². The van der Waals surface area contributed by atoms with Gasteiger partial charge in [0.05, 0.1) is 69.4 Å². The van der Waals surface area contributed by atoms with Gasteiger partial charge in [0.1, 0.15) is 12.6 Å². The molecule has 4 saturated carbocycles. The van der Waals surface area contributed by atoms with Crippen molar-refractivity contribution in [3.63, 3.8) is 0 Å². The van der Waals surface area contributed by atoms with Gasteiger partial charge >= 0.3 is 0 Å². The van der Waals surface area contributed by atoms with E-state index in [1.54, 1.807) is 6.07 Å². The molecular weight excluding hydrogens is 697 g/mol. The van der Waals surface area contributed by atoms with Gasteiger partial charge in [0, 0.05) is 35.3 Å². The van der Waals surface area contributed by atoms with Crippen LogP contribution in [0, 0.1) is 0 Å². The largest absolute Gasteiger partial charge is 0.327 e. The maximum absolute atomic E-state index is 10.6. The first-order chi connectivity index (χ1) is 27.5. The second-order valence-electron chi connectivity index (χ2n) is 15.2. The minimum Gasteiger partial charge on any atom is -0.327 e. The Morgan fingerprint density at radius 1 is 0.411 bits per heavy atom. The lowest BCUT2D eigenvalue weighted by atomic mass is 10.2. The third kappa shape index (κ3) is 7.47. The Morgan fingerprint density at radius 2 is 0.732 bits per heavy atom.